The Hall–Kier alpha value is -2.67. The lowest BCUT2D eigenvalue weighted by Gasteiger charge is -2.25. The van der Waals surface area contributed by atoms with E-state index in [9.17, 15) is 27.1 Å². The first-order valence-electron chi connectivity index (χ1n) is 9.98. The van der Waals surface area contributed by atoms with E-state index in [2.05, 4.69) is 20.9 Å². The number of ether oxygens (including phenoxy) is 2. The number of nitrogens with zero attached hydrogens (tertiary/aromatic N) is 2. The van der Waals surface area contributed by atoms with Crippen LogP contribution in [0.15, 0.2) is 61.5 Å². The molecule has 3 aromatic rings. The molecule has 0 bridgehead atoms. The molecule has 0 aliphatic rings. The standard InChI is InChI=1S/C22H21BrF2N2O6S/c1-3-33-12-19-26-21(28)20(34(30,31)15-7-8-16(23)17(25)10-15)22(29)27(19)18(11-32-2)13-5-4-6-14(24)9-13/h4-10,18,29H,3,11-12H2,1-2H3. The van der Waals surface area contributed by atoms with E-state index in [-0.39, 0.29) is 30.1 Å². The van der Waals surface area contributed by atoms with Crippen molar-refractivity contribution in [3.8, 4) is 5.88 Å². The van der Waals surface area contributed by atoms with Gasteiger partial charge in [0.1, 0.15) is 24.1 Å². The number of aromatic hydroxyl groups is 1. The van der Waals surface area contributed by atoms with Crippen molar-refractivity contribution in [1.82, 2.24) is 9.55 Å². The highest BCUT2D eigenvalue weighted by atomic mass is 79.9. The van der Waals surface area contributed by atoms with Crippen LogP contribution >= 0.6 is 15.9 Å². The van der Waals surface area contributed by atoms with Gasteiger partial charge in [-0.05, 0) is 58.7 Å². The van der Waals surface area contributed by atoms with Crippen LogP contribution in [-0.2, 0) is 25.9 Å². The molecule has 1 atom stereocenters. The fourth-order valence-electron chi connectivity index (χ4n) is 3.36. The molecule has 0 amide bonds. The largest absolute Gasteiger partial charge is 0.493 e. The molecule has 0 saturated carbocycles. The topological polar surface area (TPSA) is 108 Å². The molecule has 0 aliphatic heterocycles. The van der Waals surface area contributed by atoms with Gasteiger partial charge in [-0.3, -0.25) is 9.36 Å². The van der Waals surface area contributed by atoms with Gasteiger partial charge in [-0.1, -0.05) is 12.1 Å². The fraction of sp³-hybridized carbons (Fsp3) is 0.273. The van der Waals surface area contributed by atoms with Crippen LogP contribution in [0.2, 0.25) is 0 Å². The zero-order valence-corrected chi connectivity index (χ0v) is 20.6. The predicted molar refractivity (Wildman–Crippen MR) is 121 cm³/mol. The summed E-state index contributed by atoms with van der Waals surface area (Å²) in [5.41, 5.74) is -0.930. The third-order valence-corrected chi connectivity index (χ3v) is 7.32. The number of benzene rings is 2. The van der Waals surface area contributed by atoms with E-state index in [1.54, 1.807) is 13.0 Å². The van der Waals surface area contributed by atoms with Crippen LogP contribution in [0.1, 0.15) is 24.4 Å². The molecule has 0 saturated heterocycles. The second kappa shape index (κ2) is 10.7. The Labute approximate surface area is 202 Å². The van der Waals surface area contributed by atoms with Gasteiger partial charge in [0.2, 0.25) is 15.7 Å². The molecule has 0 spiro atoms. The summed E-state index contributed by atoms with van der Waals surface area (Å²) in [5.74, 6) is -2.50. The molecular weight excluding hydrogens is 538 g/mol. The zero-order valence-electron chi connectivity index (χ0n) is 18.2. The molecule has 182 valence electrons. The maximum absolute atomic E-state index is 14.1. The summed E-state index contributed by atoms with van der Waals surface area (Å²) >= 11 is 2.94. The highest BCUT2D eigenvalue weighted by molar-refractivity contribution is 9.10. The van der Waals surface area contributed by atoms with Crippen molar-refractivity contribution in [2.75, 3.05) is 20.3 Å². The van der Waals surface area contributed by atoms with E-state index in [1.807, 2.05) is 0 Å². The van der Waals surface area contributed by atoms with Crippen molar-refractivity contribution >= 4 is 25.8 Å². The summed E-state index contributed by atoms with van der Waals surface area (Å²) in [5, 5.41) is 11.1. The van der Waals surface area contributed by atoms with Crippen LogP contribution in [0.3, 0.4) is 0 Å². The first-order valence-corrected chi connectivity index (χ1v) is 12.3. The molecule has 1 unspecified atom stereocenters. The third-order valence-electron chi connectivity index (χ3n) is 4.91. The van der Waals surface area contributed by atoms with E-state index >= 15 is 0 Å². The summed E-state index contributed by atoms with van der Waals surface area (Å²) < 4.78 is 66.2. The van der Waals surface area contributed by atoms with Crippen molar-refractivity contribution in [2.45, 2.75) is 29.4 Å². The SMILES string of the molecule is CCOCc1nc(=O)c(S(=O)(=O)c2ccc(Br)c(F)c2)c(O)n1C(COC)c1cccc(F)c1. The van der Waals surface area contributed by atoms with E-state index in [0.29, 0.717) is 5.56 Å². The molecule has 0 aliphatic carbocycles. The van der Waals surface area contributed by atoms with Crippen molar-refractivity contribution in [2.24, 2.45) is 0 Å². The summed E-state index contributed by atoms with van der Waals surface area (Å²) in [6.07, 6.45) is 0. The van der Waals surface area contributed by atoms with Crippen LogP contribution < -0.4 is 5.56 Å². The van der Waals surface area contributed by atoms with Gasteiger partial charge in [-0.15, -0.1) is 0 Å². The van der Waals surface area contributed by atoms with Gasteiger partial charge in [-0.25, -0.2) is 17.2 Å². The van der Waals surface area contributed by atoms with Crippen LogP contribution in [0.5, 0.6) is 5.88 Å². The Bertz CT molecular complexity index is 1360. The van der Waals surface area contributed by atoms with Gasteiger partial charge >= 0.3 is 0 Å². The summed E-state index contributed by atoms with van der Waals surface area (Å²) in [6.45, 7) is 1.56. The number of methoxy groups -OCH3 is 1. The molecule has 12 heteroatoms. The van der Waals surface area contributed by atoms with Gasteiger partial charge < -0.3 is 14.6 Å². The number of halogens is 3. The molecule has 8 nitrogen and oxygen atoms in total. The smallest absolute Gasteiger partial charge is 0.296 e. The Morgan fingerprint density at radius 2 is 1.94 bits per heavy atom. The third kappa shape index (κ3) is 5.19. The molecule has 2 aromatic carbocycles. The number of hydrogen-bond acceptors (Lipinski definition) is 7. The van der Waals surface area contributed by atoms with Gasteiger partial charge in [0.25, 0.3) is 5.56 Å². The molecule has 0 fully saturated rings. The van der Waals surface area contributed by atoms with Gasteiger partial charge in [0.05, 0.1) is 22.0 Å². The number of aromatic nitrogens is 2. The minimum absolute atomic E-state index is 0.0181. The van der Waals surface area contributed by atoms with Gasteiger partial charge in [-0.2, -0.15) is 4.98 Å². The summed E-state index contributed by atoms with van der Waals surface area (Å²) in [6, 6.07) is 7.38. The maximum Gasteiger partial charge on any atom is 0.296 e. The Kier molecular flexibility index (Phi) is 8.18. The second-order valence-corrected chi connectivity index (χ2v) is 9.84. The minimum Gasteiger partial charge on any atom is -0.493 e. The van der Waals surface area contributed by atoms with Crippen LogP contribution in [0.4, 0.5) is 8.78 Å². The average molecular weight is 559 g/mol. The first kappa shape index (κ1) is 25.9. The Balaban J connectivity index is 2.32. The average Bonchev–Trinajstić information content (AvgIpc) is 2.78. The highest BCUT2D eigenvalue weighted by Gasteiger charge is 2.33. The van der Waals surface area contributed by atoms with Gasteiger partial charge in [0, 0.05) is 13.7 Å². The lowest BCUT2D eigenvalue weighted by Crippen LogP contribution is -2.29. The minimum atomic E-state index is -4.70. The normalized spacial score (nSPS) is 12.6. The molecule has 1 aromatic heterocycles. The van der Waals surface area contributed by atoms with E-state index in [0.717, 1.165) is 22.8 Å². The van der Waals surface area contributed by atoms with Crippen LogP contribution in [-0.4, -0.2) is 43.4 Å². The quantitative estimate of drug-likeness (QED) is 0.427. The number of hydrogen-bond donors (Lipinski definition) is 1. The van der Waals surface area contributed by atoms with Crippen molar-refractivity contribution < 1.29 is 31.8 Å². The van der Waals surface area contributed by atoms with Crippen LogP contribution in [0, 0.1) is 11.6 Å². The van der Waals surface area contributed by atoms with E-state index in [4.69, 9.17) is 9.47 Å². The summed E-state index contributed by atoms with van der Waals surface area (Å²) in [4.78, 5) is 15.0. The van der Waals surface area contributed by atoms with Crippen molar-refractivity contribution in [1.29, 1.82) is 0 Å². The molecule has 34 heavy (non-hydrogen) atoms. The molecule has 1 N–H and O–H groups in total. The lowest BCUT2D eigenvalue weighted by atomic mass is 10.1. The molecular formula is C22H21BrF2N2O6S. The van der Waals surface area contributed by atoms with Crippen molar-refractivity contribution in [3.05, 3.63) is 80.3 Å². The zero-order chi connectivity index (χ0) is 25.0. The van der Waals surface area contributed by atoms with Crippen molar-refractivity contribution in [3.63, 3.8) is 0 Å². The lowest BCUT2D eigenvalue weighted by molar-refractivity contribution is 0.114. The monoisotopic (exact) mass is 558 g/mol. The molecule has 1 heterocycles. The first-order chi connectivity index (χ1) is 16.1. The Morgan fingerprint density at radius 1 is 1.21 bits per heavy atom. The highest BCUT2D eigenvalue weighted by Crippen LogP contribution is 2.33. The van der Waals surface area contributed by atoms with Crippen LogP contribution in [0.25, 0.3) is 0 Å². The molecule has 0 radical (unpaired) electrons. The van der Waals surface area contributed by atoms with E-state index < -0.39 is 48.7 Å². The summed E-state index contributed by atoms with van der Waals surface area (Å²) in [7, 11) is -3.34. The second-order valence-electron chi connectivity index (χ2n) is 7.10. The number of rotatable bonds is 9. The maximum atomic E-state index is 14.1. The van der Waals surface area contributed by atoms with E-state index in [1.165, 1.54) is 25.3 Å². The number of sulfone groups is 1. The molecule has 3 rings (SSSR count). The Morgan fingerprint density at radius 3 is 2.56 bits per heavy atom. The van der Waals surface area contributed by atoms with Gasteiger partial charge in [0.15, 0.2) is 4.90 Å². The fourth-order valence-corrected chi connectivity index (χ4v) is 4.96. The predicted octanol–water partition coefficient (Wildman–Crippen LogP) is 3.59.